The summed E-state index contributed by atoms with van der Waals surface area (Å²) in [6.07, 6.45) is 2.45. The Bertz CT molecular complexity index is 675. The number of benzene rings is 1. The number of aromatic nitrogens is 1. The van der Waals surface area contributed by atoms with Gasteiger partial charge in [0, 0.05) is 19.3 Å². The summed E-state index contributed by atoms with van der Waals surface area (Å²) >= 11 is 0. The summed E-state index contributed by atoms with van der Waals surface area (Å²) in [4.78, 5) is 18.8. The molecule has 126 valence electrons. The molecule has 2 heterocycles. The van der Waals surface area contributed by atoms with Crippen molar-refractivity contribution in [3.63, 3.8) is 0 Å². The number of nitrogens with zero attached hydrogens (tertiary/aromatic N) is 2. The molecule has 1 aliphatic heterocycles. The Morgan fingerprint density at radius 3 is 2.88 bits per heavy atom. The summed E-state index contributed by atoms with van der Waals surface area (Å²) in [7, 11) is 0. The molecule has 1 aliphatic rings. The maximum Gasteiger partial charge on any atom is 0.259 e. The van der Waals surface area contributed by atoms with Crippen molar-refractivity contribution < 1.29 is 14.3 Å². The van der Waals surface area contributed by atoms with Crippen LogP contribution in [0.4, 0.5) is 0 Å². The van der Waals surface area contributed by atoms with E-state index in [-0.39, 0.29) is 12.0 Å². The van der Waals surface area contributed by atoms with Gasteiger partial charge in [0.05, 0.1) is 19.3 Å². The van der Waals surface area contributed by atoms with Gasteiger partial charge in [0.2, 0.25) is 5.88 Å². The lowest BCUT2D eigenvalue weighted by molar-refractivity contribution is 0.0584. The van der Waals surface area contributed by atoms with E-state index in [1.54, 1.807) is 18.3 Å². The van der Waals surface area contributed by atoms with Crippen molar-refractivity contribution in [2.75, 3.05) is 26.3 Å². The zero-order chi connectivity index (χ0) is 16.8. The maximum absolute atomic E-state index is 12.8. The Balaban J connectivity index is 1.71. The summed E-state index contributed by atoms with van der Waals surface area (Å²) in [6, 6.07) is 13.7. The highest BCUT2D eigenvalue weighted by Gasteiger charge is 2.25. The van der Waals surface area contributed by atoms with Crippen molar-refractivity contribution in [1.29, 1.82) is 0 Å². The van der Waals surface area contributed by atoms with Crippen molar-refractivity contribution in [1.82, 2.24) is 9.88 Å². The Morgan fingerprint density at radius 1 is 1.25 bits per heavy atom. The molecule has 1 amide bonds. The van der Waals surface area contributed by atoms with Crippen LogP contribution in [0.2, 0.25) is 0 Å². The summed E-state index contributed by atoms with van der Waals surface area (Å²) in [5, 5.41) is 0. The highest BCUT2D eigenvalue weighted by atomic mass is 16.5. The van der Waals surface area contributed by atoms with Gasteiger partial charge in [0.25, 0.3) is 5.91 Å². The largest absolute Gasteiger partial charge is 0.477 e. The van der Waals surface area contributed by atoms with Gasteiger partial charge in [0.1, 0.15) is 5.56 Å². The van der Waals surface area contributed by atoms with Gasteiger partial charge in [-0.15, -0.1) is 0 Å². The monoisotopic (exact) mass is 326 g/mol. The number of amides is 1. The predicted molar refractivity (Wildman–Crippen MR) is 91.1 cm³/mol. The smallest absolute Gasteiger partial charge is 0.259 e. The third-order valence-electron chi connectivity index (χ3n) is 4.08. The Morgan fingerprint density at radius 2 is 2.08 bits per heavy atom. The van der Waals surface area contributed by atoms with Gasteiger partial charge in [0.15, 0.2) is 0 Å². The second kappa shape index (κ2) is 7.93. The minimum absolute atomic E-state index is 0.0317. The first kappa shape index (κ1) is 16.5. The van der Waals surface area contributed by atoms with Crippen molar-refractivity contribution in [3.8, 4) is 5.88 Å². The molecule has 5 nitrogen and oxygen atoms in total. The Labute approximate surface area is 142 Å². The highest BCUT2D eigenvalue weighted by molar-refractivity contribution is 5.96. The molecule has 1 fully saturated rings. The van der Waals surface area contributed by atoms with Gasteiger partial charge in [-0.05, 0) is 31.0 Å². The lowest BCUT2D eigenvalue weighted by Gasteiger charge is -2.20. The van der Waals surface area contributed by atoms with Gasteiger partial charge in [-0.1, -0.05) is 30.3 Å². The molecule has 0 bridgehead atoms. The molecule has 0 radical (unpaired) electrons. The SMILES string of the molecule is CCOc1ncccc1C(=O)N1CCOC(c2ccccc2)CC1. The van der Waals surface area contributed by atoms with Crippen LogP contribution < -0.4 is 4.74 Å². The van der Waals surface area contributed by atoms with Crippen LogP contribution in [0.5, 0.6) is 5.88 Å². The molecule has 1 aromatic heterocycles. The minimum Gasteiger partial charge on any atom is -0.477 e. The Kier molecular flexibility index (Phi) is 5.43. The van der Waals surface area contributed by atoms with Crippen LogP contribution in [0.3, 0.4) is 0 Å². The molecule has 3 rings (SSSR count). The second-order valence-corrected chi connectivity index (χ2v) is 5.64. The molecule has 0 spiro atoms. The first-order valence-corrected chi connectivity index (χ1v) is 8.33. The van der Waals surface area contributed by atoms with Crippen LogP contribution in [0, 0.1) is 0 Å². The van der Waals surface area contributed by atoms with Gasteiger partial charge >= 0.3 is 0 Å². The fourth-order valence-corrected chi connectivity index (χ4v) is 2.88. The Hall–Kier alpha value is -2.40. The van der Waals surface area contributed by atoms with E-state index in [0.717, 1.165) is 12.0 Å². The molecule has 1 aromatic carbocycles. The zero-order valence-corrected chi connectivity index (χ0v) is 13.9. The summed E-state index contributed by atoms with van der Waals surface area (Å²) in [6.45, 7) is 4.11. The van der Waals surface area contributed by atoms with Crippen LogP contribution in [-0.2, 0) is 4.74 Å². The number of hydrogen-bond acceptors (Lipinski definition) is 4. The number of hydrogen-bond donors (Lipinski definition) is 0. The van der Waals surface area contributed by atoms with E-state index in [1.807, 2.05) is 30.0 Å². The summed E-state index contributed by atoms with van der Waals surface area (Å²) in [5.74, 6) is 0.346. The van der Waals surface area contributed by atoms with E-state index in [2.05, 4.69) is 17.1 Å². The van der Waals surface area contributed by atoms with Crippen LogP contribution in [0.1, 0.15) is 35.4 Å². The zero-order valence-electron chi connectivity index (χ0n) is 13.9. The van der Waals surface area contributed by atoms with E-state index in [0.29, 0.717) is 37.7 Å². The number of carbonyl (C=O) groups excluding carboxylic acids is 1. The molecule has 5 heteroatoms. The van der Waals surface area contributed by atoms with Crippen molar-refractivity contribution >= 4 is 5.91 Å². The number of carbonyl (C=O) groups is 1. The second-order valence-electron chi connectivity index (χ2n) is 5.64. The summed E-state index contributed by atoms with van der Waals surface area (Å²) in [5.41, 5.74) is 1.67. The van der Waals surface area contributed by atoms with E-state index in [4.69, 9.17) is 9.47 Å². The van der Waals surface area contributed by atoms with E-state index < -0.39 is 0 Å². The first-order chi connectivity index (χ1) is 11.8. The van der Waals surface area contributed by atoms with Crippen molar-refractivity contribution in [2.24, 2.45) is 0 Å². The lowest BCUT2D eigenvalue weighted by Crippen LogP contribution is -2.33. The first-order valence-electron chi connectivity index (χ1n) is 8.33. The molecule has 1 unspecified atom stereocenters. The van der Waals surface area contributed by atoms with Crippen LogP contribution in [0.25, 0.3) is 0 Å². The number of rotatable bonds is 4. The topological polar surface area (TPSA) is 51.7 Å². The van der Waals surface area contributed by atoms with Gasteiger partial charge in [-0.3, -0.25) is 4.79 Å². The van der Waals surface area contributed by atoms with Crippen LogP contribution in [0.15, 0.2) is 48.7 Å². The lowest BCUT2D eigenvalue weighted by atomic mass is 10.1. The third-order valence-corrected chi connectivity index (χ3v) is 4.08. The van der Waals surface area contributed by atoms with Crippen molar-refractivity contribution in [3.05, 3.63) is 59.8 Å². The quantitative estimate of drug-likeness (QED) is 0.866. The van der Waals surface area contributed by atoms with E-state index in [9.17, 15) is 4.79 Å². The highest BCUT2D eigenvalue weighted by Crippen LogP contribution is 2.25. The molecule has 24 heavy (non-hydrogen) atoms. The average molecular weight is 326 g/mol. The molecule has 2 aromatic rings. The van der Waals surface area contributed by atoms with Crippen molar-refractivity contribution in [2.45, 2.75) is 19.4 Å². The number of ether oxygens (including phenoxy) is 2. The molecule has 1 atom stereocenters. The maximum atomic E-state index is 12.8. The van der Waals surface area contributed by atoms with Gasteiger partial charge < -0.3 is 14.4 Å². The molecule has 0 N–H and O–H groups in total. The standard InChI is InChI=1S/C19H22N2O3/c1-2-23-18-16(9-6-11-20-18)19(22)21-12-10-17(24-14-13-21)15-7-4-3-5-8-15/h3-9,11,17H,2,10,12-14H2,1H3. The van der Waals surface area contributed by atoms with E-state index in [1.165, 1.54) is 0 Å². The molecular formula is C19H22N2O3. The van der Waals surface area contributed by atoms with Gasteiger partial charge in [-0.25, -0.2) is 4.98 Å². The third kappa shape index (κ3) is 3.74. The van der Waals surface area contributed by atoms with E-state index >= 15 is 0 Å². The van der Waals surface area contributed by atoms with Crippen LogP contribution >= 0.6 is 0 Å². The molecule has 1 saturated heterocycles. The molecule has 0 saturated carbocycles. The summed E-state index contributed by atoms with van der Waals surface area (Å²) < 4.78 is 11.4. The van der Waals surface area contributed by atoms with Gasteiger partial charge in [-0.2, -0.15) is 0 Å². The fraction of sp³-hybridized carbons (Fsp3) is 0.368. The van der Waals surface area contributed by atoms with Crippen LogP contribution in [-0.4, -0.2) is 42.1 Å². The minimum atomic E-state index is -0.0520. The number of pyridine rings is 1. The fourth-order valence-electron chi connectivity index (χ4n) is 2.88. The molecular weight excluding hydrogens is 304 g/mol. The predicted octanol–water partition coefficient (Wildman–Crippen LogP) is 3.08. The average Bonchev–Trinajstić information content (AvgIpc) is 2.89. The normalized spacial score (nSPS) is 18.0. The molecule has 0 aliphatic carbocycles.